The largest absolute Gasteiger partial charge is 0.493 e. The first-order valence-corrected chi connectivity index (χ1v) is 5.49. The summed E-state index contributed by atoms with van der Waals surface area (Å²) in [6.45, 7) is 0. The lowest BCUT2D eigenvalue weighted by atomic mass is 10.3. The van der Waals surface area contributed by atoms with Crippen molar-refractivity contribution in [1.29, 1.82) is 0 Å². The van der Waals surface area contributed by atoms with E-state index in [4.69, 9.17) is 5.11 Å². The van der Waals surface area contributed by atoms with Gasteiger partial charge in [0, 0.05) is 6.20 Å². The minimum Gasteiger partial charge on any atom is -0.493 e. The van der Waals surface area contributed by atoms with Crippen molar-refractivity contribution < 1.29 is 15.0 Å². The normalized spacial score (nSPS) is 10.9. The van der Waals surface area contributed by atoms with Crippen LogP contribution in [0.5, 0.6) is 5.88 Å². The molecule has 0 aliphatic heterocycles. The topological polar surface area (TPSA) is 83.4 Å². The molecule has 2 aromatic rings. The van der Waals surface area contributed by atoms with Crippen molar-refractivity contribution in [3.8, 4) is 5.88 Å². The van der Waals surface area contributed by atoms with Crippen molar-refractivity contribution in [3.05, 3.63) is 39.9 Å². The van der Waals surface area contributed by atoms with Crippen LogP contribution in [0.1, 0.15) is 16.1 Å². The Labute approximate surface area is 101 Å². The number of hydrogen-bond donors (Lipinski definition) is 3. The molecule has 6 nitrogen and oxygen atoms in total. The highest BCUT2D eigenvalue weighted by Crippen LogP contribution is 2.15. The van der Waals surface area contributed by atoms with E-state index in [0.717, 1.165) is 9.03 Å². The van der Waals surface area contributed by atoms with Gasteiger partial charge in [-0.1, -0.05) is 0 Å². The maximum Gasteiger partial charge on any atom is 0.354 e. The third-order valence-electron chi connectivity index (χ3n) is 2.44. The number of carbonyl (C=O) groups is 1. The molecule has 0 spiro atoms. The van der Waals surface area contributed by atoms with Gasteiger partial charge in [-0.05, 0) is 24.3 Å². The molecule has 0 bridgehead atoms. The number of thiol groups is 1. The van der Waals surface area contributed by atoms with E-state index in [0.29, 0.717) is 5.75 Å². The van der Waals surface area contributed by atoms with Gasteiger partial charge in [0.1, 0.15) is 0 Å². The Hall–Kier alpha value is -1.89. The number of aromatic hydroxyl groups is 1. The zero-order chi connectivity index (χ0) is 12.6. The van der Waals surface area contributed by atoms with Crippen LogP contribution in [-0.4, -0.2) is 31.0 Å². The van der Waals surface area contributed by atoms with Crippen LogP contribution in [0.4, 0.5) is 0 Å². The summed E-state index contributed by atoms with van der Waals surface area (Å²) in [6.07, 6.45) is 1.70. The van der Waals surface area contributed by atoms with Gasteiger partial charge in [0.15, 0.2) is 5.69 Å². The average Bonchev–Trinajstić information content (AvgIpc) is 2.55. The van der Waals surface area contributed by atoms with Crippen molar-refractivity contribution in [1.82, 2.24) is 9.03 Å². The Kier molecular flexibility index (Phi) is 2.84. The fourth-order valence-corrected chi connectivity index (χ4v) is 1.92. The van der Waals surface area contributed by atoms with Crippen molar-refractivity contribution >= 4 is 18.6 Å². The number of fused-ring (bicyclic) bond motifs is 1. The van der Waals surface area contributed by atoms with Crippen LogP contribution in [0.2, 0.25) is 0 Å². The lowest BCUT2D eigenvalue weighted by Gasteiger charge is -2.01. The van der Waals surface area contributed by atoms with Crippen LogP contribution in [0, 0.1) is 0 Å². The molecule has 0 aliphatic rings. The molecule has 7 heteroatoms. The van der Waals surface area contributed by atoms with Crippen LogP contribution >= 0.6 is 12.6 Å². The second-order valence-electron chi connectivity index (χ2n) is 3.44. The van der Waals surface area contributed by atoms with Gasteiger partial charge < -0.3 is 10.2 Å². The van der Waals surface area contributed by atoms with E-state index in [1.54, 1.807) is 0 Å². The maximum absolute atomic E-state index is 11.9. The third kappa shape index (κ3) is 1.68. The molecule has 0 aromatic carbocycles. The van der Waals surface area contributed by atoms with Gasteiger partial charge in [-0.2, -0.15) is 12.6 Å². The quantitative estimate of drug-likeness (QED) is 0.687. The Morgan fingerprint density at radius 2 is 2.18 bits per heavy atom. The molecule has 90 valence electrons. The van der Waals surface area contributed by atoms with E-state index in [2.05, 4.69) is 12.6 Å². The summed E-state index contributed by atoms with van der Waals surface area (Å²) in [5.41, 5.74) is -0.563. The van der Waals surface area contributed by atoms with Gasteiger partial charge >= 0.3 is 5.97 Å². The van der Waals surface area contributed by atoms with E-state index in [-0.39, 0.29) is 23.6 Å². The number of carboxylic acids is 1. The van der Waals surface area contributed by atoms with Gasteiger partial charge in [0.2, 0.25) is 5.88 Å². The zero-order valence-corrected chi connectivity index (χ0v) is 9.59. The maximum atomic E-state index is 11.9. The molecule has 2 heterocycles. The Morgan fingerprint density at radius 1 is 1.47 bits per heavy atom. The summed E-state index contributed by atoms with van der Waals surface area (Å²) >= 11 is 3.99. The first-order chi connectivity index (χ1) is 8.07. The average molecular weight is 254 g/mol. The Morgan fingerprint density at radius 3 is 2.76 bits per heavy atom. The molecule has 0 saturated carbocycles. The van der Waals surface area contributed by atoms with E-state index < -0.39 is 11.5 Å². The summed E-state index contributed by atoms with van der Waals surface area (Å²) in [5, 5.41) is 18.8. The first-order valence-electron chi connectivity index (χ1n) is 4.86. The zero-order valence-electron chi connectivity index (χ0n) is 8.70. The lowest BCUT2D eigenvalue weighted by Crippen LogP contribution is -2.20. The fraction of sp³-hybridized carbons (Fsp3) is 0.200. The smallest absolute Gasteiger partial charge is 0.354 e. The molecule has 17 heavy (non-hydrogen) atoms. The lowest BCUT2D eigenvalue weighted by molar-refractivity contribution is 0.0685. The molecule has 0 saturated heterocycles. The van der Waals surface area contributed by atoms with E-state index in [9.17, 15) is 14.7 Å². The number of rotatable bonds is 3. The molecule has 0 radical (unpaired) electrons. The minimum atomic E-state index is -1.23. The summed E-state index contributed by atoms with van der Waals surface area (Å²) in [4.78, 5) is 22.9. The van der Waals surface area contributed by atoms with Crippen molar-refractivity contribution in [2.45, 2.75) is 6.42 Å². The monoisotopic (exact) mass is 254 g/mol. The highest BCUT2D eigenvalue weighted by molar-refractivity contribution is 7.80. The molecule has 0 fully saturated rings. The predicted molar refractivity (Wildman–Crippen MR) is 63.3 cm³/mol. The van der Waals surface area contributed by atoms with E-state index >= 15 is 0 Å². The van der Waals surface area contributed by atoms with Gasteiger partial charge in [0.25, 0.3) is 5.56 Å². The number of aromatic nitrogens is 2. The standard InChI is InChI=1S/C10H10N2O4S/c13-8-6(3-5-17)9(14)12-7(10(15)16)2-1-4-11(8)12/h1-2,4,13,17H,3,5H2,(H,15,16). The highest BCUT2D eigenvalue weighted by Gasteiger charge is 2.18. The summed E-state index contributed by atoms with van der Waals surface area (Å²) in [6, 6.07) is 2.75. The molecular weight excluding hydrogens is 244 g/mol. The van der Waals surface area contributed by atoms with Gasteiger partial charge in [-0.25, -0.2) is 13.8 Å². The third-order valence-corrected chi connectivity index (χ3v) is 2.67. The second-order valence-corrected chi connectivity index (χ2v) is 3.88. The number of carboxylic acid groups (broad SMARTS) is 1. The fourth-order valence-electron chi connectivity index (χ4n) is 1.70. The number of nitrogens with zero attached hydrogens (tertiary/aromatic N) is 2. The predicted octanol–water partition coefficient (Wildman–Crippen LogP) is 0.275. The second kappa shape index (κ2) is 4.17. The van der Waals surface area contributed by atoms with Crippen molar-refractivity contribution in [2.24, 2.45) is 0 Å². The van der Waals surface area contributed by atoms with Crippen LogP contribution in [0.15, 0.2) is 23.1 Å². The van der Waals surface area contributed by atoms with Gasteiger partial charge in [-0.15, -0.1) is 0 Å². The van der Waals surface area contributed by atoms with E-state index in [1.165, 1.54) is 18.3 Å². The van der Waals surface area contributed by atoms with Crippen molar-refractivity contribution in [3.63, 3.8) is 0 Å². The Balaban J connectivity index is 2.88. The van der Waals surface area contributed by atoms with Crippen LogP contribution in [0.25, 0.3) is 0 Å². The molecule has 0 aliphatic carbocycles. The highest BCUT2D eigenvalue weighted by atomic mass is 32.1. The summed E-state index contributed by atoms with van der Waals surface area (Å²) in [7, 11) is 0. The van der Waals surface area contributed by atoms with Crippen LogP contribution < -0.4 is 5.56 Å². The Bertz CT molecular complexity index is 644. The summed E-state index contributed by atoms with van der Waals surface area (Å²) < 4.78 is 2.04. The van der Waals surface area contributed by atoms with Crippen LogP contribution in [0.3, 0.4) is 0 Å². The van der Waals surface area contributed by atoms with Gasteiger partial charge in [-0.3, -0.25) is 4.79 Å². The van der Waals surface area contributed by atoms with Gasteiger partial charge in [0.05, 0.1) is 5.56 Å². The molecule has 0 amide bonds. The molecule has 2 N–H and O–H groups in total. The van der Waals surface area contributed by atoms with E-state index in [1.807, 2.05) is 0 Å². The number of hydrogen-bond acceptors (Lipinski definition) is 4. The van der Waals surface area contributed by atoms with Crippen LogP contribution in [-0.2, 0) is 6.42 Å². The summed E-state index contributed by atoms with van der Waals surface area (Å²) in [5.74, 6) is -1.08. The molecule has 0 unspecified atom stereocenters. The SMILES string of the molecule is O=C(O)c1cccn2c(O)c(CCS)c(=O)n12. The first kappa shape index (κ1) is 11.6. The molecule has 0 atom stereocenters. The molecular formula is C10H10N2O4S. The molecule has 2 aromatic heterocycles. The minimum absolute atomic E-state index is 0.165. The number of aromatic carboxylic acids is 1. The molecule has 2 rings (SSSR count). The van der Waals surface area contributed by atoms with Crippen molar-refractivity contribution in [2.75, 3.05) is 5.75 Å².